The van der Waals surface area contributed by atoms with Crippen LogP contribution in [0.3, 0.4) is 0 Å². The molecule has 1 aliphatic carbocycles. The molecule has 0 aromatic rings. The van der Waals surface area contributed by atoms with Crippen LogP contribution in [-0.2, 0) is 9.47 Å². The van der Waals surface area contributed by atoms with E-state index in [-0.39, 0.29) is 17.6 Å². The van der Waals surface area contributed by atoms with E-state index in [9.17, 15) is 4.79 Å². The SMILES string of the molecule is CC(C)(C)OC(=O)N1CCOC([C@@H]2[C@@H](CN)C2(C)C)C1. The highest BCUT2D eigenvalue weighted by molar-refractivity contribution is 5.68. The number of carbonyl (C=O) groups excluding carboxylic acids is 1. The first-order chi connectivity index (χ1) is 9.16. The fourth-order valence-corrected chi connectivity index (χ4v) is 3.36. The van der Waals surface area contributed by atoms with E-state index in [0.29, 0.717) is 38.1 Å². The standard InChI is InChI=1S/C15H28N2O3/c1-14(2,3)20-13(18)17-6-7-19-11(9-17)12-10(8-16)15(12,4)5/h10-12H,6-9,16H2,1-5H3/t10-,11?,12+/m1/s1. The van der Waals surface area contributed by atoms with E-state index in [4.69, 9.17) is 15.2 Å². The van der Waals surface area contributed by atoms with E-state index >= 15 is 0 Å². The highest BCUT2D eigenvalue weighted by atomic mass is 16.6. The van der Waals surface area contributed by atoms with E-state index in [1.54, 1.807) is 4.90 Å². The van der Waals surface area contributed by atoms with Crippen LogP contribution in [0.1, 0.15) is 34.6 Å². The molecule has 1 amide bonds. The van der Waals surface area contributed by atoms with E-state index in [1.807, 2.05) is 20.8 Å². The molecule has 1 saturated heterocycles. The minimum Gasteiger partial charge on any atom is -0.444 e. The second kappa shape index (κ2) is 5.19. The van der Waals surface area contributed by atoms with Crippen LogP contribution >= 0.6 is 0 Å². The molecule has 1 saturated carbocycles. The fourth-order valence-electron chi connectivity index (χ4n) is 3.36. The predicted octanol–water partition coefficient (Wildman–Crippen LogP) is 1.85. The number of morpholine rings is 1. The summed E-state index contributed by atoms with van der Waals surface area (Å²) in [7, 11) is 0. The van der Waals surface area contributed by atoms with Gasteiger partial charge in [-0.3, -0.25) is 0 Å². The van der Waals surface area contributed by atoms with Crippen molar-refractivity contribution in [1.82, 2.24) is 4.90 Å². The van der Waals surface area contributed by atoms with Crippen molar-refractivity contribution in [3.05, 3.63) is 0 Å². The molecule has 116 valence electrons. The van der Waals surface area contributed by atoms with Crippen LogP contribution in [0.5, 0.6) is 0 Å². The largest absolute Gasteiger partial charge is 0.444 e. The molecule has 2 N–H and O–H groups in total. The smallest absolute Gasteiger partial charge is 0.410 e. The average molecular weight is 284 g/mol. The van der Waals surface area contributed by atoms with Crippen molar-refractivity contribution in [2.24, 2.45) is 23.0 Å². The van der Waals surface area contributed by atoms with Gasteiger partial charge in [0.1, 0.15) is 5.60 Å². The van der Waals surface area contributed by atoms with E-state index in [2.05, 4.69) is 13.8 Å². The van der Waals surface area contributed by atoms with Gasteiger partial charge in [0.25, 0.3) is 0 Å². The van der Waals surface area contributed by atoms with Crippen molar-refractivity contribution in [3.8, 4) is 0 Å². The molecule has 2 rings (SSSR count). The van der Waals surface area contributed by atoms with E-state index < -0.39 is 5.60 Å². The predicted molar refractivity (Wildman–Crippen MR) is 77.4 cm³/mol. The molecule has 1 aliphatic heterocycles. The third-order valence-electron chi connectivity index (χ3n) is 4.54. The molecule has 2 fully saturated rings. The molecule has 5 heteroatoms. The minimum atomic E-state index is -0.455. The van der Waals surface area contributed by atoms with E-state index in [0.717, 1.165) is 0 Å². The number of ether oxygens (including phenoxy) is 2. The third kappa shape index (κ3) is 3.09. The lowest BCUT2D eigenvalue weighted by Crippen LogP contribution is -2.48. The Hall–Kier alpha value is -0.810. The molecule has 0 spiro atoms. The van der Waals surface area contributed by atoms with Crippen molar-refractivity contribution in [2.45, 2.75) is 46.3 Å². The number of nitrogens with two attached hydrogens (primary N) is 1. The number of hydrogen-bond acceptors (Lipinski definition) is 4. The number of carbonyl (C=O) groups is 1. The zero-order valence-electron chi connectivity index (χ0n) is 13.3. The van der Waals surface area contributed by atoms with E-state index in [1.165, 1.54) is 0 Å². The Morgan fingerprint density at radius 1 is 1.45 bits per heavy atom. The summed E-state index contributed by atoms with van der Waals surface area (Å²) in [6, 6.07) is 0. The van der Waals surface area contributed by atoms with Gasteiger partial charge in [-0.05, 0) is 44.6 Å². The zero-order valence-corrected chi connectivity index (χ0v) is 13.3. The summed E-state index contributed by atoms with van der Waals surface area (Å²) >= 11 is 0. The summed E-state index contributed by atoms with van der Waals surface area (Å²) in [5, 5.41) is 0. The van der Waals surface area contributed by atoms with Crippen LogP contribution in [0.25, 0.3) is 0 Å². The quantitative estimate of drug-likeness (QED) is 0.840. The lowest BCUT2D eigenvalue weighted by Gasteiger charge is -2.35. The van der Waals surface area contributed by atoms with Crippen LogP contribution in [0, 0.1) is 17.3 Å². The van der Waals surface area contributed by atoms with Gasteiger partial charge < -0.3 is 20.1 Å². The molecule has 20 heavy (non-hydrogen) atoms. The molecule has 1 unspecified atom stereocenters. The lowest BCUT2D eigenvalue weighted by molar-refractivity contribution is -0.0545. The Morgan fingerprint density at radius 3 is 2.60 bits per heavy atom. The fraction of sp³-hybridized carbons (Fsp3) is 0.933. The second-order valence-corrected chi connectivity index (χ2v) is 7.52. The van der Waals surface area contributed by atoms with Crippen LogP contribution < -0.4 is 5.73 Å². The van der Waals surface area contributed by atoms with Crippen molar-refractivity contribution in [1.29, 1.82) is 0 Å². The van der Waals surface area contributed by atoms with Crippen molar-refractivity contribution in [2.75, 3.05) is 26.2 Å². The Kier molecular flexibility index (Phi) is 4.04. The molecule has 3 atom stereocenters. The Bertz CT molecular complexity index is 376. The molecule has 5 nitrogen and oxygen atoms in total. The maximum atomic E-state index is 12.1. The first-order valence-corrected chi connectivity index (χ1v) is 7.46. The van der Waals surface area contributed by atoms with Gasteiger partial charge in [0.2, 0.25) is 0 Å². The zero-order chi connectivity index (χ0) is 15.1. The Morgan fingerprint density at radius 2 is 2.10 bits per heavy atom. The van der Waals surface area contributed by atoms with Crippen LogP contribution in [-0.4, -0.2) is 48.9 Å². The first-order valence-electron chi connectivity index (χ1n) is 7.46. The Labute approximate surface area is 121 Å². The molecule has 2 aliphatic rings. The molecule has 0 aromatic carbocycles. The summed E-state index contributed by atoms with van der Waals surface area (Å²) in [6.45, 7) is 12.6. The average Bonchev–Trinajstić information content (AvgIpc) is 2.89. The van der Waals surface area contributed by atoms with Gasteiger partial charge in [-0.2, -0.15) is 0 Å². The summed E-state index contributed by atoms with van der Waals surface area (Å²) in [4.78, 5) is 13.9. The highest BCUT2D eigenvalue weighted by Gasteiger charge is 2.61. The molecule has 0 radical (unpaired) electrons. The number of rotatable bonds is 2. The maximum Gasteiger partial charge on any atom is 0.410 e. The molecule has 0 aromatic heterocycles. The van der Waals surface area contributed by atoms with Crippen LogP contribution in [0.2, 0.25) is 0 Å². The number of nitrogens with zero attached hydrogens (tertiary/aromatic N) is 1. The molecule has 1 heterocycles. The monoisotopic (exact) mass is 284 g/mol. The van der Waals surface area contributed by atoms with Crippen molar-refractivity contribution >= 4 is 6.09 Å². The van der Waals surface area contributed by atoms with Gasteiger partial charge in [-0.25, -0.2) is 4.79 Å². The third-order valence-corrected chi connectivity index (χ3v) is 4.54. The molecular formula is C15H28N2O3. The van der Waals surface area contributed by atoms with Crippen molar-refractivity contribution < 1.29 is 14.3 Å². The summed E-state index contributed by atoms with van der Waals surface area (Å²) in [5.41, 5.74) is 5.59. The van der Waals surface area contributed by atoms with Gasteiger partial charge in [0.15, 0.2) is 0 Å². The normalized spacial score (nSPS) is 32.9. The van der Waals surface area contributed by atoms with Crippen LogP contribution in [0.15, 0.2) is 0 Å². The van der Waals surface area contributed by atoms with Crippen LogP contribution in [0.4, 0.5) is 4.79 Å². The maximum absolute atomic E-state index is 12.1. The van der Waals surface area contributed by atoms with Gasteiger partial charge in [0, 0.05) is 6.54 Å². The highest BCUT2D eigenvalue weighted by Crippen LogP contribution is 2.60. The number of amides is 1. The minimum absolute atomic E-state index is 0.0832. The van der Waals surface area contributed by atoms with Gasteiger partial charge in [-0.1, -0.05) is 13.8 Å². The summed E-state index contributed by atoms with van der Waals surface area (Å²) < 4.78 is 11.3. The van der Waals surface area contributed by atoms with Gasteiger partial charge in [0.05, 0.1) is 19.3 Å². The first kappa shape index (κ1) is 15.6. The number of hydrogen-bond donors (Lipinski definition) is 1. The summed E-state index contributed by atoms with van der Waals surface area (Å²) in [6.07, 6.45) is -0.159. The summed E-state index contributed by atoms with van der Waals surface area (Å²) in [5.74, 6) is 0.934. The van der Waals surface area contributed by atoms with Gasteiger partial charge >= 0.3 is 6.09 Å². The second-order valence-electron chi connectivity index (χ2n) is 7.52. The topological polar surface area (TPSA) is 64.8 Å². The Balaban J connectivity index is 1.95. The molecule has 0 bridgehead atoms. The van der Waals surface area contributed by atoms with Crippen molar-refractivity contribution in [3.63, 3.8) is 0 Å². The van der Waals surface area contributed by atoms with Gasteiger partial charge in [-0.15, -0.1) is 0 Å². The lowest BCUT2D eigenvalue weighted by atomic mass is 10.0. The molecular weight excluding hydrogens is 256 g/mol.